The summed E-state index contributed by atoms with van der Waals surface area (Å²) in [6.07, 6.45) is 4.24. The number of nitrogens with zero attached hydrogens (tertiary/aromatic N) is 1. The Bertz CT molecular complexity index is 597. The van der Waals surface area contributed by atoms with Gasteiger partial charge in [-0.2, -0.15) is 0 Å². The Labute approximate surface area is 122 Å². The number of amides is 3. The maximum atomic E-state index is 13.9. The fourth-order valence-electron chi connectivity index (χ4n) is 3.21. The molecule has 0 atom stereocenters. The number of urea groups is 1. The van der Waals surface area contributed by atoms with Gasteiger partial charge in [-0.05, 0) is 18.9 Å². The molecule has 1 aromatic carbocycles. The predicted octanol–water partition coefficient (Wildman–Crippen LogP) is 2.16. The van der Waals surface area contributed by atoms with Gasteiger partial charge in [-0.25, -0.2) is 9.18 Å². The minimum Gasteiger partial charge on any atom is -0.396 e. The Balaban J connectivity index is 1.84. The van der Waals surface area contributed by atoms with Crippen LogP contribution in [0.5, 0.6) is 0 Å². The van der Waals surface area contributed by atoms with E-state index in [0.29, 0.717) is 12.8 Å². The van der Waals surface area contributed by atoms with E-state index >= 15 is 0 Å². The van der Waals surface area contributed by atoms with Gasteiger partial charge in [0.25, 0.3) is 5.91 Å². The Morgan fingerprint density at radius 1 is 1.24 bits per heavy atom. The van der Waals surface area contributed by atoms with E-state index in [1.165, 1.54) is 12.1 Å². The second-order valence-electron chi connectivity index (χ2n) is 5.78. The fourth-order valence-corrected chi connectivity index (χ4v) is 3.21. The predicted molar refractivity (Wildman–Crippen MR) is 75.7 cm³/mol. The van der Waals surface area contributed by atoms with Gasteiger partial charge in [0.1, 0.15) is 5.54 Å². The standard InChI is InChI=1S/C15H18FN3O2/c16-12-10(5-4-6-11(12)17)9-19-13(20)15(18-14(19)21)7-2-1-3-8-15/h4-6H,1-3,7-9,17H2,(H,18,21). The SMILES string of the molecule is Nc1cccc(CN2C(=O)NC3(CCCCC3)C2=O)c1F. The van der Waals surface area contributed by atoms with Crippen LogP contribution in [0.15, 0.2) is 18.2 Å². The third-order valence-electron chi connectivity index (χ3n) is 4.39. The molecule has 1 aliphatic carbocycles. The van der Waals surface area contributed by atoms with Crippen molar-refractivity contribution in [3.05, 3.63) is 29.6 Å². The molecule has 0 radical (unpaired) electrons. The lowest BCUT2D eigenvalue weighted by molar-refractivity contribution is -0.132. The van der Waals surface area contributed by atoms with Gasteiger partial charge in [0.2, 0.25) is 0 Å². The lowest BCUT2D eigenvalue weighted by Gasteiger charge is -2.30. The van der Waals surface area contributed by atoms with Crippen LogP contribution in [-0.2, 0) is 11.3 Å². The highest BCUT2D eigenvalue weighted by molar-refractivity contribution is 6.07. The van der Waals surface area contributed by atoms with E-state index in [4.69, 9.17) is 5.73 Å². The van der Waals surface area contributed by atoms with Gasteiger partial charge in [-0.3, -0.25) is 9.69 Å². The average Bonchev–Trinajstić information content (AvgIpc) is 2.69. The summed E-state index contributed by atoms with van der Waals surface area (Å²) in [5.41, 5.74) is 5.03. The molecule has 0 bridgehead atoms. The molecule has 1 aromatic rings. The van der Waals surface area contributed by atoms with Crippen molar-refractivity contribution in [1.29, 1.82) is 0 Å². The van der Waals surface area contributed by atoms with Crippen molar-refractivity contribution in [2.24, 2.45) is 0 Å². The maximum absolute atomic E-state index is 13.9. The summed E-state index contributed by atoms with van der Waals surface area (Å²) >= 11 is 0. The highest BCUT2D eigenvalue weighted by Crippen LogP contribution is 2.34. The minimum absolute atomic E-state index is 0.0203. The highest BCUT2D eigenvalue weighted by Gasteiger charge is 2.51. The first-order chi connectivity index (χ1) is 10.0. The number of nitrogen functional groups attached to an aromatic ring is 1. The molecule has 3 rings (SSSR count). The van der Waals surface area contributed by atoms with Gasteiger partial charge in [0, 0.05) is 5.56 Å². The summed E-state index contributed by atoms with van der Waals surface area (Å²) in [4.78, 5) is 25.8. The molecule has 3 N–H and O–H groups in total. The Morgan fingerprint density at radius 2 is 1.95 bits per heavy atom. The highest BCUT2D eigenvalue weighted by atomic mass is 19.1. The molecule has 2 fully saturated rings. The largest absolute Gasteiger partial charge is 0.396 e. The quantitative estimate of drug-likeness (QED) is 0.647. The number of imide groups is 1. The lowest BCUT2D eigenvalue weighted by Crippen LogP contribution is -2.48. The molecule has 1 spiro atoms. The van der Waals surface area contributed by atoms with Gasteiger partial charge in [-0.15, -0.1) is 0 Å². The van der Waals surface area contributed by atoms with Gasteiger partial charge in [0.05, 0.1) is 12.2 Å². The van der Waals surface area contributed by atoms with Crippen molar-refractivity contribution in [2.45, 2.75) is 44.2 Å². The van der Waals surface area contributed by atoms with Gasteiger partial charge in [0.15, 0.2) is 5.82 Å². The summed E-state index contributed by atoms with van der Waals surface area (Å²) in [5, 5.41) is 2.81. The number of nitrogens with two attached hydrogens (primary N) is 1. The van der Waals surface area contributed by atoms with E-state index in [1.54, 1.807) is 6.07 Å². The smallest absolute Gasteiger partial charge is 0.325 e. The number of hydrogen-bond donors (Lipinski definition) is 2. The Morgan fingerprint density at radius 3 is 2.67 bits per heavy atom. The third kappa shape index (κ3) is 2.24. The normalized spacial score (nSPS) is 20.9. The van der Waals surface area contributed by atoms with Crippen LogP contribution in [0.25, 0.3) is 0 Å². The molecule has 1 saturated heterocycles. The summed E-state index contributed by atoms with van der Waals surface area (Å²) in [6.45, 7) is -0.0801. The molecule has 5 nitrogen and oxygen atoms in total. The Kier molecular flexibility index (Phi) is 3.31. The summed E-state index contributed by atoms with van der Waals surface area (Å²) in [6, 6.07) is 4.16. The number of hydrogen-bond acceptors (Lipinski definition) is 3. The molecule has 0 unspecified atom stereocenters. The lowest BCUT2D eigenvalue weighted by atomic mass is 9.82. The van der Waals surface area contributed by atoms with Crippen molar-refractivity contribution < 1.29 is 14.0 Å². The molecule has 6 heteroatoms. The number of benzene rings is 1. The Hall–Kier alpha value is -2.11. The number of rotatable bonds is 2. The molecule has 3 amide bonds. The van der Waals surface area contributed by atoms with Crippen LogP contribution in [0, 0.1) is 5.82 Å². The molecule has 1 saturated carbocycles. The van der Waals surface area contributed by atoms with E-state index in [1.807, 2.05) is 0 Å². The first-order valence-corrected chi connectivity index (χ1v) is 7.20. The first kappa shape index (κ1) is 13.9. The minimum atomic E-state index is -0.772. The molecule has 1 heterocycles. The zero-order valence-corrected chi connectivity index (χ0v) is 11.7. The second-order valence-corrected chi connectivity index (χ2v) is 5.78. The molecular weight excluding hydrogens is 273 g/mol. The molecular formula is C15H18FN3O2. The van der Waals surface area contributed by atoms with Crippen LogP contribution >= 0.6 is 0 Å². The molecule has 2 aliphatic rings. The van der Waals surface area contributed by atoms with Crippen molar-refractivity contribution in [3.63, 3.8) is 0 Å². The van der Waals surface area contributed by atoms with Crippen LogP contribution in [0.1, 0.15) is 37.7 Å². The van der Waals surface area contributed by atoms with Gasteiger partial charge in [-0.1, -0.05) is 31.4 Å². The number of nitrogens with one attached hydrogen (secondary N) is 1. The number of anilines is 1. The van der Waals surface area contributed by atoms with E-state index in [0.717, 1.165) is 24.2 Å². The van der Waals surface area contributed by atoms with Crippen LogP contribution in [0.3, 0.4) is 0 Å². The summed E-state index contributed by atoms with van der Waals surface area (Å²) in [7, 11) is 0. The summed E-state index contributed by atoms with van der Waals surface area (Å²) in [5.74, 6) is -0.809. The topological polar surface area (TPSA) is 75.4 Å². The first-order valence-electron chi connectivity index (χ1n) is 7.20. The van der Waals surface area contributed by atoms with E-state index < -0.39 is 17.4 Å². The second kappa shape index (κ2) is 5.02. The van der Waals surface area contributed by atoms with Crippen LogP contribution in [0.2, 0.25) is 0 Å². The van der Waals surface area contributed by atoms with Crippen molar-refractivity contribution in [1.82, 2.24) is 10.2 Å². The zero-order valence-electron chi connectivity index (χ0n) is 11.7. The van der Waals surface area contributed by atoms with E-state index in [9.17, 15) is 14.0 Å². The van der Waals surface area contributed by atoms with Gasteiger partial charge >= 0.3 is 6.03 Å². The monoisotopic (exact) mass is 291 g/mol. The number of carbonyl (C=O) groups is 2. The van der Waals surface area contributed by atoms with Crippen molar-refractivity contribution in [3.8, 4) is 0 Å². The van der Waals surface area contributed by atoms with Crippen LogP contribution in [-0.4, -0.2) is 22.4 Å². The van der Waals surface area contributed by atoms with Crippen LogP contribution < -0.4 is 11.1 Å². The van der Waals surface area contributed by atoms with Crippen LogP contribution in [0.4, 0.5) is 14.9 Å². The van der Waals surface area contributed by atoms with Crippen molar-refractivity contribution in [2.75, 3.05) is 5.73 Å². The van der Waals surface area contributed by atoms with E-state index in [-0.39, 0.29) is 23.7 Å². The molecule has 112 valence electrons. The molecule has 0 aromatic heterocycles. The zero-order chi connectivity index (χ0) is 15.0. The van der Waals surface area contributed by atoms with Gasteiger partial charge < -0.3 is 11.1 Å². The maximum Gasteiger partial charge on any atom is 0.325 e. The number of halogens is 1. The third-order valence-corrected chi connectivity index (χ3v) is 4.39. The molecule has 21 heavy (non-hydrogen) atoms. The number of carbonyl (C=O) groups excluding carboxylic acids is 2. The van der Waals surface area contributed by atoms with Crippen molar-refractivity contribution >= 4 is 17.6 Å². The average molecular weight is 291 g/mol. The fraction of sp³-hybridized carbons (Fsp3) is 0.467. The summed E-state index contributed by atoms with van der Waals surface area (Å²) < 4.78 is 13.9. The molecule has 1 aliphatic heterocycles. The van der Waals surface area contributed by atoms with E-state index in [2.05, 4.69) is 5.32 Å².